The molecule has 9 heteroatoms. The minimum absolute atomic E-state index is 0. The monoisotopic (exact) mass is 478 g/mol. The number of aryl methyl sites for hydroxylation is 2. The fraction of sp³-hybridized carbons (Fsp3) is 0.706. The number of carbonyl (C=O) groups is 1. The van der Waals surface area contributed by atoms with E-state index >= 15 is 0 Å². The van der Waals surface area contributed by atoms with Crippen LogP contribution in [0.1, 0.15) is 24.6 Å². The first-order valence-corrected chi connectivity index (χ1v) is 8.81. The van der Waals surface area contributed by atoms with Crippen molar-refractivity contribution in [3.05, 3.63) is 17.5 Å². The van der Waals surface area contributed by atoms with Gasteiger partial charge in [-0.05, 0) is 12.8 Å². The minimum Gasteiger partial charge on any atom is -0.381 e. The van der Waals surface area contributed by atoms with Gasteiger partial charge in [-0.15, -0.1) is 24.0 Å². The Labute approximate surface area is 172 Å². The van der Waals surface area contributed by atoms with Crippen LogP contribution in [0.3, 0.4) is 0 Å². The van der Waals surface area contributed by atoms with Crippen LogP contribution in [0.2, 0.25) is 0 Å². The molecule has 1 amide bonds. The van der Waals surface area contributed by atoms with E-state index in [9.17, 15) is 4.79 Å². The van der Waals surface area contributed by atoms with Crippen molar-refractivity contribution in [3.63, 3.8) is 0 Å². The summed E-state index contributed by atoms with van der Waals surface area (Å²) in [4.78, 5) is 18.0. The van der Waals surface area contributed by atoms with Crippen LogP contribution >= 0.6 is 24.0 Å². The maximum atomic E-state index is 11.8. The highest BCUT2D eigenvalue weighted by Crippen LogP contribution is 2.11. The zero-order valence-corrected chi connectivity index (χ0v) is 18.4. The molecule has 148 valence electrons. The van der Waals surface area contributed by atoms with Gasteiger partial charge in [-0.3, -0.25) is 9.48 Å². The maximum Gasteiger partial charge on any atom is 0.241 e. The number of hydrogen-bond acceptors (Lipinski definition) is 4. The van der Waals surface area contributed by atoms with E-state index < -0.39 is 0 Å². The van der Waals surface area contributed by atoms with Gasteiger partial charge < -0.3 is 20.3 Å². The van der Waals surface area contributed by atoms with E-state index in [1.165, 1.54) is 0 Å². The summed E-state index contributed by atoms with van der Waals surface area (Å²) in [6.45, 7) is 5.22. The van der Waals surface area contributed by atoms with Gasteiger partial charge in [0.2, 0.25) is 5.91 Å². The number of nitrogens with zero attached hydrogens (tertiary/aromatic N) is 4. The molecule has 2 N–H and O–H groups in total. The van der Waals surface area contributed by atoms with Crippen LogP contribution in [0.4, 0.5) is 0 Å². The average Bonchev–Trinajstić information content (AvgIpc) is 3.22. The molecule has 2 heterocycles. The number of nitrogens with one attached hydrogen (secondary N) is 2. The number of ether oxygens (including phenoxy) is 1. The lowest BCUT2D eigenvalue weighted by Crippen LogP contribution is -2.44. The molecule has 1 aliphatic rings. The van der Waals surface area contributed by atoms with E-state index in [0.717, 1.165) is 43.9 Å². The first kappa shape index (κ1) is 22.7. The molecule has 0 bridgehead atoms. The van der Waals surface area contributed by atoms with Crippen molar-refractivity contribution in [2.75, 3.05) is 40.4 Å². The summed E-state index contributed by atoms with van der Waals surface area (Å²) in [5.41, 5.74) is 2.16. The molecule has 2 rings (SSSR count). The minimum atomic E-state index is 0. The fourth-order valence-corrected chi connectivity index (χ4v) is 2.65. The van der Waals surface area contributed by atoms with E-state index in [-0.39, 0.29) is 36.4 Å². The Hall–Kier alpha value is -1.36. The molecule has 0 aromatic carbocycles. The lowest BCUT2D eigenvalue weighted by molar-refractivity contribution is -0.127. The number of hydrogen-bond donors (Lipinski definition) is 2. The third kappa shape index (κ3) is 7.10. The highest BCUT2D eigenvalue weighted by atomic mass is 127. The molecule has 1 unspecified atom stereocenters. The predicted molar refractivity (Wildman–Crippen MR) is 113 cm³/mol. The van der Waals surface area contributed by atoms with Gasteiger partial charge >= 0.3 is 0 Å². The van der Waals surface area contributed by atoms with E-state index in [1.807, 2.05) is 17.9 Å². The molecular formula is C17H31IN6O2. The zero-order chi connectivity index (χ0) is 18.2. The van der Waals surface area contributed by atoms with Gasteiger partial charge in [0.05, 0.1) is 25.4 Å². The van der Waals surface area contributed by atoms with Crippen LogP contribution in [0.5, 0.6) is 0 Å². The van der Waals surface area contributed by atoms with Gasteiger partial charge in [0.25, 0.3) is 0 Å². The van der Waals surface area contributed by atoms with Crippen molar-refractivity contribution in [1.82, 2.24) is 25.3 Å². The van der Waals surface area contributed by atoms with Crippen LogP contribution < -0.4 is 10.6 Å². The summed E-state index contributed by atoms with van der Waals surface area (Å²) in [6, 6.07) is 0. The quantitative estimate of drug-likeness (QED) is 0.344. The Balaban J connectivity index is 0.00000338. The topological polar surface area (TPSA) is 83.8 Å². The van der Waals surface area contributed by atoms with Crippen LogP contribution in [0.25, 0.3) is 0 Å². The van der Waals surface area contributed by atoms with Crippen molar-refractivity contribution >= 4 is 35.8 Å². The SMILES string of the molecule is CCc1nn(C)cc1CN=C(NCC(=O)N(C)C)NCC1CCOC1.I. The van der Waals surface area contributed by atoms with E-state index in [0.29, 0.717) is 18.4 Å². The summed E-state index contributed by atoms with van der Waals surface area (Å²) in [5, 5.41) is 10.9. The van der Waals surface area contributed by atoms with Crippen molar-refractivity contribution in [1.29, 1.82) is 0 Å². The summed E-state index contributed by atoms with van der Waals surface area (Å²) >= 11 is 0. The van der Waals surface area contributed by atoms with Crippen LogP contribution in [0, 0.1) is 5.92 Å². The molecule has 1 aromatic rings. The summed E-state index contributed by atoms with van der Waals surface area (Å²) in [7, 11) is 5.40. The second-order valence-electron chi connectivity index (χ2n) is 6.55. The Morgan fingerprint density at radius 3 is 2.85 bits per heavy atom. The molecule has 1 saturated heterocycles. The number of aliphatic imine (C=N–C) groups is 1. The van der Waals surface area contributed by atoms with Crippen LogP contribution in [-0.2, 0) is 29.5 Å². The van der Waals surface area contributed by atoms with Crippen molar-refractivity contribution in [2.24, 2.45) is 18.0 Å². The Morgan fingerprint density at radius 2 is 2.23 bits per heavy atom. The Kier molecular flexibility index (Phi) is 9.92. The molecule has 0 spiro atoms. The maximum absolute atomic E-state index is 11.8. The summed E-state index contributed by atoms with van der Waals surface area (Å²) in [6.07, 6.45) is 3.93. The number of carbonyl (C=O) groups excluding carboxylic acids is 1. The van der Waals surface area contributed by atoms with E-state index in [1.54, 1.807) is 19.0 Å². The Morgan fingerprint density at radius 1 is 1.46 bits per heavy atom. The summed E-state index contributed by atoms with van der Waals surface area (Å²) in [5.74, 6) is 1.14. The molecule has 8 nitrogen and oxygen atoms in total. The molecule has 1 atom stereocenters. The van der Waals surface area contributed by atoms with Crippen LogP contribution in [-0.4, -0.2) is 66.9 Å². The van der Waals surface area contributed by atoms with Gasteiger partial charge in [0.15, 0.2) is 5.96 Å². The molecule has 0 radical (unpaired) electrons. The van der Waals surface area contributed by atoms with Crippen molar-refractivity contribution < 1.29 is 9.53 Å². The Bertz CT molecular complexity index is 596. The molecule has 26 heavy (non-hydrogen) atoms. The number of likely N-dealkylation sites (N-methyl/N-ethyl adjacent to an activating group) is 1. The van der Waals surface area contributed by atoms with Gasteiger partial charge in [-0.1, -0.05) is 6.92 Å². The fourth-order valence-electron chi connectivity index (χ4n) is 2.65. The largest absolute Gasteiger partial charge is 0.381 e. The molecule has 1 aliphatic heterocycles. The van der Waals surface area contributed by atoms with Gasteiger partial charge in [-0.25, -0.2) is 4.99 Å². The first-order chi connectivity index (χ1) is 12.0. The normalized spacial score (nSPS) is 16.9. The third-order valence-electron chi connectivity index (χ3n) is 4.22. The lowest BCUT2D eigenvalue weighted by Gasteiger charge is -2.16. The molecule has 0 saturated carbocycles. The standard InChI is InChI=1S/C17H30N6O2.HI/c1-5-15-14(11-23(4)21-15)9-19-17(20-10-16(24)22(2)3)18-8-13-6-7-25-12-13;/h11,13H,5-10,12H2,1-4H3,(H2,18,19,20);1H. The zero-order valence-electron chi connectivity index (χ0n) is 16.1. The number of rotatable bonds is 7. The van der Waals surface area contributed by atoms with E-state index in [4.69, 9.17) is 4.74 Å². The van der Waals surface area contributed by atoms with E-state index in [2.05, 4.69) is 27.6 Å². The number of halogens is 1. The van der Waals surface area contributed by atoms with Gasteiger partial charge in [-0.2, -0.15) is 5.10 Å². The molecule has 1 aromatic heterocycles. The second kappa shape index (κ2) is 11.4. The molecule has 0 aliphatic carbocycles. The lowest BCUT2D eigenvalue weighted by atomic mass is 10.1. The molecular weight excluding hydrogens is 447 g/mol. The van der Waals surface area contributed by atoms with Crippen molar-refractivity contribution in [2.45, 2.75) is 26.3 Å². The molecule has 1 fully saturated rings. The van der Waals surface area contributed by atoms with Gasteiger partial charge in [0, 0.05) is 52.0 Å². The number of aromatic nitrogens is 2. The first-order valence-electron chi connectivity index (χ1n) is 8.81. The highest BCUT2D eigenvalue weighted by Gasteiger charge is 2.16. The average molecular weight is 478 g/mol. The van der Waals surface area contributed by atoms with Gasteiger partial charge in [0.1, 0.15) is 0 Å². The predicted octanol–water partition coefficient (Wildman–Crippen LogP) is 0.760. The second-order valence-corrected chi connectivity index (χ2v) is 6.55. The third-order valence-corrected chi connectivity index (χ3v) is 4.22. The summed E-state index contributed by atoms with van der Waals surface area (Å²) < 4.78 is 7.22. The smallest absolute Gasteiger partial charge is 0.241 e. The number of amides is 1. The highest BCUT2D eigenvalue weighted by molar-refractivity contribution is 14.0. The number of guanidine groups is 1. The van der Waals surface area contributed by atoms with Crippen molar-refractivity contribution in [3.8, 4) is 0 Å². The van der Waals surface area contributed by atoms with Crippen LogP contribution in [0.15, 0.2) is 11.2 Å².